The number of rotatable bonds is 5. The Labute approximate surface area is 188 Å². The first-order chi connectivity index (χ1) is 14.8. The summed E-state index contributed by atoms with van der Waals surface area (Å²) >= 11 is 6.60. The molecule has 1 fully saturated rings. The summed E-state index contributed by atoms with van der Waals surface area (Å²) in [5, 5.41) is 11.3. The topological polar surface area (TPSA) is 79.8 Å². The highest BCUT2D eigenvalue weighted by Gasteiger charge is 2.33. The van der Waals surface area contributed by atoms with Gasteiger partial charge in [-0.25, -0.2) is 0 Å². The number of hydrogen-bond acceptors (Lipinski definition) is 7. The Morgan fingerprint density at radius 1 is 1.10 bits per heavy atom. The predicted octanol–water partition coefficient (Wildman–Crippen LogP) is 5.33. The van der Waals surface area contributed by atoms with Crippen molar-refractivity contribution in [2.75, 3.05) is 23.9 Å². The molecule has 0 saturated carbocycles. The molecule has 0 N–H and O–H groups in total. The first kappa shape index (κ1) is 20.8. The molecule has 0 spiro atoms. The maximum atomic E-state index is 13.0. The molecule has 3 aromatic rings. The lowest BCUT2D eigenvalue weighted by Gasteiger charge is -2.17. The van der Waals surface area contributed by atoms with Gasteiger partial charge in [-0.15, -0.1) is 0 Å². The van der Waals surface area contributed by atoms with Gasteiger partial charge in [0.05, 0.1) is 21.1 Å². The Balaban J connectivity index is 1.60. The second-order valence-corrected chi connectivity index (χ2v) is 8.58. The van der Waals surface area contributed by atoms with Crippen molar-refractivity contribution in [3.05, 3.63) is 81.4 Å². The fraction of sp³-hybridized carbons (Fsp3) is 0.0909. The molecule has 0 unspecified atom stereocenters. The normalized spacial score (nSPS) is 15.0. The van der Waals surface area contributed by atoms with E-state index in [1.165, 1.54) is 22.7 Å². The van der Waals surface area contributed by atoms with E-state index in [1.54, 1.807) is 36.4 Å². The van der Waals surface area contributed by atoms with Gasteiger partial charge >= 0.3 is 0 Å². The highest BCUT2D eigenvalue weighted by molar-refractivity contribution is 8.27. The van der Waals surface area contributed by atoms with E-state index in [9.17, 15) is 14.9 Å². The van der Waals surface area contributed by atoms with Gasteiger partial charge in [-0.05, 0) is 42.5 Å². The van der Waals surface area contributed by atoms with Gasteiger partial charge in [0.1, 0.15) is 11.5 Å². The smallest absolute Gasteiger partial charge is 0.280 e. The molecule has 4 rings (SSSR count). The van der Waals surface area contributed by atoms with Crippen molar-refractivity contribution in [1.29, 1.82) is 0 Å². The van der Waals surface area contributed by atoms with Crippen molar-refractivity contribution in [3.8, 4) is 11.3 Å². The van der Waals surface area contributed by atoms with E-state index in [0.717, 1.165) is 5.69 Å². The number of hydrogen-bond donors (Lipinski definition) is 0. The van der Waals surface area contributed by atoms with Crippen LogP contribution in [0, 0.1) is 10.1 Å². The van der Waals surface area contributed by atoms with E-state index in [-0.39, 0.29) is 11.6 Å². The fourth-order valence-corrected chi connectivity index (χ4v) is 4.41. The number of carbonyl (C=O) groups is 1. The first-order valence-electron chi connectivity index (χ1n) is 9.24. The van der Waals surface area contributed by atoms with Crippen LogP contribution in [-0.2, 0) is 4.79 Å². The Morgan fingerprint density at radius 3 is 2.48 bits per heavy atom. The summed E-state index contributed by atoms with van der Waals surface area (Å²) < 4.78 is 6.21. The Bertz CT molecular complexity index is 1220. The summed E-state index contributed by atoms with van der Waals surface area (Å²) in [4.78, 5) is 27.7. The highest BCUT2D eigenvalue weighted by Crippen LogP contribution is 2.37. The lowest BCUT2D eigenvalue weighted by molar-refractivity contribution is -0.384. The molecule has 7 nitrogen and oxygen atoms in total. The lowest BCUT2D eigenvalue weighted by atomic mass is 10.1. The number of nitrogens with zero attached hydrogens (tertiary/aromatic N) is 3. The van der Waals surface area contributed by atoms with Crippen LogP contribution in [-0.4, -0.2) is 29.2 Å². The molecule has 31 heavy (non-hydrogen) atoms. The second-order valence-electron chi connectivity index (χ2n) is 6.90. The van der Waals surface area contributed by atoms with E-state index in [2.05, 4.69) is 0 Å². The second kappa shape index (κ2) is 8.37. The van der Waals surface area contributed by atoms with Crippen molar-refractivity contribution in [3.63, 3.8) is 0 Å². The molecule has 1 aliphatic rings. The molecule has 1 aromatic heterocycles. The number of amides is 1. The summed E-state index contributed by atoms with van der Waals surface area (Å²) in [6, 6.07) is 17.2. The van der Waals surface area contributed by atoms with Crippen LogP contribution in [0.25, 0.3) is 17.4 Å². The standard InChI is InChI=1S/C22H17N3O4S2/c1-23(2)14-7-9-15(10-8-14)24-21(26)20(31-22(24)30)13-16-11-12-19(29-16)17-5-3-4-6-18(17)25(27)28/h3-13H,1-2H3/b20-13+. The molecular formula is C22H17N3O4S2. The van der Waals surface area contributed by atoms with Crippen molar-refractivity contribution < 1.29 is 14.1 Å². The van der Waals surface area contributed by atoms with Gasteiger partial charge < -0.3 is 9.32 Å². The molecule has 0 bridgehead atoms. The molecule has 156 valence electrons. The minimum atomic E-state index is -0.454. The van der Waals surface area contributed by atoms with Crippen molar-refractivity contribution in [2.24, 2.45) is 0 Å². The first-order valence-corrected chi connectivity index (χ1v) is 10.5. The van der Waals surface area contributed by atoms with Gasteiger partial charge in [-0.1, -0.05) is 36.1 Å². The molecule has 1 aliphatic heterocycles. The van der Waals surface area contributed by atoms with Crippen molar-refractivity contribution in [2.45, 2.75) is 0 Å². The minimum absolute atomic E-state index is 0.0455. The van der Waals surface area contributed by atoms with Crippen molar-refractivity contribution >= 4 is 57.3 Å². The zero-order valence-corrected chi connectivity index (χ0v) is 18.3. The molecule has 9 heteroatoms. The van der Waals surface area contributed by atoms with Crippen molar-refractivity contribution in [1.82, 2.24) is 0 Å². The molecule has 0 radical (unpaired) electrons. The third kappa shape index (κ3) is 4.10. The average molecular weight is 452 g/mol. The van der Waals surface area contributed by atoms with Crippen LogP contribution in [0.4, 0.5) is 17.1 Å². The van der Waals surface area contributed by atoms with Crippen LogP contribution in [0.1, 0.15) is 5.76 Å². The quantitative estimate of drug-likeness (QED) is 0.225. The average Bonchev–Trinajstić information content (AvgIpc) is 3.32. The molecular weight excluding hydrogens is 434 g/mol. The van der Waals surface area contributed by atoms with Gasteiger partial charge in [0.15, 0.2) is 4.32 Å². The number of nitro benzene ring substituents is 1. The largest absolute Gasteiger partial charge is 0.456 e. The number of para-hydroxylation sites is 1. The van der Waals surface area contributed by atoms with E-state index in [1.807, 2.05) is 43.3 Å². The summed E-state index contributed by atoms with van der Waals surface area (Å²) in [6.07, 6.45) is 1.60. The number of thiocarbonyl (C=S) groups is 1. The Hall–Kier alpha value is -3.43. The summed E-state index contributed by atoms with van der Waals surface area (Å²) in [6.45, 7) is 0. The summed E-state index contributed by atoms with van der Waals surface area (Å²) in [5.41, 5.74) is 2.04. The third-order valence-corrected chi connectivity index (χ3v) is 5.99. The van der Waals surface area contributed by atoms with E-state index < -0.39 is 4.92 Å². The van der Waals surface area contributed by atoms with Crippen LogP contribution in [0.5, 0.6) is 0 Å². The minimum Gasteiger partial charge on any atom is -0.456 e. The number of anilines is 2. The Kier molecular flexibility index (Phi) is 5.62. The van der Waals surface area contributed by atoms with Gasteiger partial charge in [-0.2, -0.15) is 0 Å². The molecule has 1 saturated heterocycles. The molecule has 0 aliphatic carbocycles. The number of furan rings is 1. The van der Waals surface area contributed by atoms with Gasteiger partial charge in [0.2, 0.25) is 0 Å². The van der Waals surface area contributed by atoms with E-state index >= 15 is 0 Å². The van der Waals surface area contributed by atoms with Crippen LogP contribution < -0.4 is 9.80 Å². The van der Waals surface area contributed by atoms with Crippen LogP contribution >= 0.6 is 24.0 Å². The zero-order chi connectivity index (χ0) is 22.1. The lowest BCUT2D eigenvalue weighted by Crippen LogP contribution is -2.27. The van der Waals surface area contributed by atoms with Gasteiger partial charge in [0.25, 0.3) is 11.6 Å². The Morgan fingerprint density at radius 2 is 1.81 bits per heavy atom. The zero-order valence-electron chi connectivity index (χ0n) is 16.6. The molecule has 2 aromatic carbocycles. The summed E-state index contributed by atoms with van der Waals surface area (Å²) in [7, 11) is 3.89. The maximum absolute atomic E-state index is 13.0. The third-order valence-electron chi connectivity index (χ3n) is 4.68. The van der Waals surface area contributed by atoms with E-state index in [0.29, 0.717) is 32.0 Å². The molecule has 2 heterocycles. The number of nitro groups is 1. The van der Waals surface area contributed by atoms with Gasteiger partial charge in [-0.3, -0.25) is 19.8 Å². The van der Waals surface area contributed by atoms with E-state index in [4.69, 9.17) is 16.6 Å². The molecule has 1 amide bonds. The predicted molar refractivity (Wildman–Crippen MR) is 127 cm³/mol. The monoisotopic (exact) mass is 451 g/mol. The number of benzene rings is 2. The molecule has 0 atom stereocenters. The van der Waals surface area contributed by atoms with Crippen LogP contribution in [0.15, 0.2) is 70.0 Å². The van der Waals surface area contributed by atoms with Crippen LogP contribution in [0.3, 0.4) is 0 Å². The SMILES string of the molecule is CN(C)c1ccc(N2C(=O)/C(=C\c3ccc(-c4ccccc4[N+](=O)[O-])o3)SC2=S)cc1. The number of thioether (sulfide) groups is 1. The summed E-state index contributed by atoms with van der Waals surface area (Å²) in [5.74, 6) is 0.529. The van der Waals surface area contributed by atoms with Gasteiger partial charge in [0, 0.05) is 31.9 Å². The number of carbonyl (C=O) groups excluding carboxylic acids is 1. The maximum Gasteiger partial charge on any atom is 0.280 e. The van der Waals surface area contributed by atoms with Crippen LogP contribution in [0.2, 0.25) is 0 Å². The fourth-order valence-electron chi connectivity index (χ4n) is 3.14. The highest BCUT2D eigenvalue weighted by atomic mass is 32.2.